The van der Waals surface area contributed by atoms with Crippen molar-refractivity contribution >= 4 is 10.1 Å². The Morgan fingerprint density at radius 2 is 0.957 bits per heavy atom. The summed E-state index contributed by atoms with van der Waals surface area (Å²) in [4.78, 5) is 3.00. The van der Waals surface area contributed by atoms with E-state index in [0.717, 1.165) is 39.6 Å². The van der Waals surface area contributed by atoms with E-state index < -0.39 is 59.1 Å². The molecular formula is C55H61N3O11S. The lowest BCUT2D eigenvalue weighted by atomic mass is 9.97. The summed E-state index contributed by atoms with van der Waals surface area (Å²) in [6, 6.07) is 58.1. The molecule has 1 saturated heterocycles. The predicted molar refractivity (Wildman–Crippen MR) is 264 cm³/mol. The summed E-state index contributed by atoms with van der Waals surface area (Å²) < 4.78 is 86.9. The van der Waals surface area contributed by atoms with Gasteiger partial charge in [-0.05, 0) is 45.3 Å². The van der Waals surface area contributed by atoms with Gasteiger partial charge in [0.2, 0.25) is 0 Å². The fourth-order valence-corrected chi connectivity index (χ4v) is 8.66. The Bertz CT molecular complexity index is 2530. The Morgan fingerprint density at radius 3 is 1.41 bits per heavy atom. The number of rotatable bonds is 29. The number of azide groups is 1. The third-order valence-corrected chi connectivity index (χ3v) is 12.0. The van der Waals surface area contributed by atoms with Crippen molar-refractivity contribution in [3.05, 3.63) is 226 Å². The normalized spacial score (nSPS) is 19.4. The Kier molecular flexibility index (Phi) is 20.9. The molecule has 1 heterocycles. The minimum Gasteiger partial charge on any atom is -0.374 e. The van der Waals surface area contributed by atoms with Crippen LogP contribution in [-0.4, -0.2) is 83.4 Å². The van der Waals surface area contributed by atoms with E-state index in [9.17, 15) is 13.9 Å². The number of ether oxygens (including phenoxy) is 8. The molecule has 0 saturated carbocycles. The zero-order valence-electron chi connectivity index (χ0n) is 39.3. The molecule has 0 amide bonds. The minimum atomic E-state index is -4.17. The largest absolute Gasteiger partial charge is 0.374 e. The van der Waals surface area contributed by atoms with Crippen molar-refractivity contribution in [1.82, 2.24) is 0 Å². The van der Waals surface area contributed by atoms with Crippen molar-refractivity contribution in [3.63, 3.8) is 0 Å². The molecule has 0 N–H and O–H groups in total. The molecule has 14 nitrogen and oxygen atoms in total. The van der Waals surface area contributed by atoms with Gasteiger partial charge in [0.25, 0.3) is 10.1 Å². The lowest BCUT2D eigenvalue weighted by molar-refractivity contribution is -0.346. The number of hydrogen-bond acceptors (Lipinski definition) is 12. The fourth-order valence-electron chi connectivity index (χ4n) is 8.04. The van der Waals surface area contributed by atoms with Gasteiger partial charge in [0, 0.05) is 11.5 Å². The molecular weight excluding hydrogens is 911 g/mol. The molecule has 8 atom stereocenters. The van der Waals surface area contributed by atoms with Crippen LogP contribution in [0.15, 0.2) is 187 Å². The van der Waals surface area contributed by atoms with E-state index in [-0.39, 0.29) is 65.8 Å². The van der Waals surface area contributed by atoms with Gasteiger partial charge in [-0.2, -0.15) is 8.42 Å². The van der Waals surface area contributed by atoms with Crippen LogP contribution in [-0.2, 0) is 91.8 Å². The minimum absolute atomic E-state index is 0.0140. The maximum Gasteiger partial charge on any atom is 0.264 e. The fraction of sp³-hybridized carbons (Fsp3) is 0.345. The number of benzene rings is 6. The van der Waals surface area contributed by atoms with Crippen LogP contribution < -0.4 is 0 Å². The van der Waals surface area contributed by atoms with E-state index in [1.54, 1.807) is 0 Å². The molecule has 1 fully saturated rings. The van der Waals surface area contributed by atoms with Crippen LogP contribution in [0.1, 0.15) is 39.8 Å². The molecule has 6 aromatic carbocycles. The Labute approximate surface area is 411 Å². The van der Waals surface area contributed by atoms with E-state index in [0.29, 0.717) is 0 Å². The van der Waals surface area contributed by atoms with Crippen LogP contribution in [0.4, 0.5) is 0 Å². The van der Waals surface area contributed by atoms with E-state index in [1.165, 1.54) is 0 Å². The molecule has 0 radical (unpaired) electrons. The zero-order chi connectivity index (χ0) is 48.6. The van der Waals surface area contributed by atoms with Crippen LogP contribution in [0.3, 0.4) is 0 Å². The average molecular weight is 972 g/mol. The van der Waals surface area contributed by atoms with Crippen molar-refractivity contribution < 1.29 is 50.5 Å². The molecule has 7 rings (SSSR count). The van der Waals surface area contributed by atoms with Gasteiger partial charge < -0.3 is 37.9 Å². The molecule has 0 unspecified atom stereocenters. The molecule has 0 aromatic heterocycles. The smallest absolute Gasteiger partial charge is 0.264 e. The first-order valence-electron chi connectivity index (χ1n) is 23.4. The summed E-state index contributed by atoms with van der Waals surface area (Å²) in [6.07, 6.45) is -7.24. The summed E-state index contributed by atoms with van der Waals surface area (Å²) in [5.41, 5.74) is 14.8. The lowest BCUT2D eigenvalue weighted by Gasteiger charge is -2.47. The van der Waals surface area contributed by atoms with Gasteiger partial charge >= 0.3 is 0 Å². The summed E-state index contributed by atoms with van der Waals surface area (Å²) in [5.74, 6) is 0. The van der Waals surface area contributed by atoms with Crippen molar-refractivity contribution in [2.45, 2.75) is 95.1 Å². The highest BCUT2D eigenvalue weighted by Gasteiger charge is 2.51. The topological polar surface area (TPSA) is 166 Å². The second-order valence-electron chi connectivity index (χ2n) is 16.8. The van der Waals surface area contributed by atoms with Gasteiger partial charge in [0.05, 0.1) is 65.2 Å². The van der Waals surface area contributed by atoms with Crippen molar-refractivity contribution in [2.24, 2.45) is 5.11 Å². The average Bonchev–Trinajstić information content (AvgIpc) is 3.39. The SMILES string of the molecule is CS(=O)(=O)O[C@H](COCc1ccccc1)[C@@H](O[C@H]1O[C@H](COCc2ccccc2)[C@@H](OCc2ccccc2)[C@H](OCc2ccccc2)[C@H]1OCc1ccccc1)[C@@H](CCN=[N+]=[N-])OCc1ccccc1. The van der Waals surface area contributed by atoms with Gasteiger partial charge in [0.1, 0.15) is 36.6 Å². The van der Waals surface area contributed by atoms with Crippen LogP contribution in [0, 0.1) is 0 Å². The highest BCUT2D eigenvalue weighted by molar-refractivity contribution is 7.86. The molecule has 15 heteroatoms. The Hall–Kier alpha value is -5.78. The quantitative estimate of drug-likeness (QED) is 0.0190. The maximum absolute atomic E-state index is 13.3. The predicted octanol–water partition coefficient (Wildman–Crippen LogP) is 9.92. The van der Waals surface area contributed by atoms with Gasteiger partial charge in [-0.25, -0.2) is 0 Å². The van der Waals surface area contributed by atoms with Crippen LogP contribution in [0.5, 0.6) is 0 Å². The highest BCUT2D eigenvalue weighted by atomic mass is 32.2. The monoisotopic (exact) mass is 971 g/mol. The number of nitrogens with zero attached hydrogens (tertiary/aromatic N) is 3. The molecule has 70 heavy (non-hydrogen) atoms. The van der Waals surface area contributed by atoms with Gasteiger partial charge in [0.15, 0.2) is 6.29 Å². The Morgan fingerprint density at radius 1 is 0.543 bits per heavy atom. The Balaban J connectivity index is 1.31. The third kappa shape index (κ3) is 17.3. The molecule has 1 aliphatic heterocycles. The van der Waals surface area contributed by atoms with E-state index in [4.69, 9.17) is 42.1 Å². The van der Waals surface area contributed by atoms with Crippen LogP contribution in [0.2, 0.25) is 0 Å². The lowest BCUT2D eigenvalue weighted by Crippen LogP contribution is -2.63. The first-order chi connectivity index (χ1) is 34.3. The molecule has 0 bridgehead atoms. The maximum atomic E-state index is 13.3. The first-order valence-corrected chi connectivity index (χ1v) is 25.2. The van der Waals surface area contributed by atoms with Crippen molar-refractivity contribution in [3.8, 4) is 0 Å². The van der Waals surface area contributed by atoms with Crippen molar-refractivity contribution in [2.75, 3.05) is 26.0 Å². The van der Waals surface area contributed by atoms with Crippen LogP contribution >= 0.6 is 0 Å². The van der Waals surface area contributed by atoms with E-state index in [1.807, 2.05) is 182 Å². The second kappa shape index (κ2) is 28.2. The molecule has 6 aromatic rings. The zero-order valence-corrected chi connectivity index (χ0v) is 40.1. The highest BCUT2D eigenvalue weighted by Crippen LogP contribution is 2.34. The standard InChI is InChI=1S/C55H61N3O11S/c1-70(59,60)69-50(41-62-35-43-22-10-3-11-23-43)51(48(32-33-57-58-56)63-36-44-24-12-4-13-25-44)68-55-54(66-39-47-30-18-7-19-31-47)53(65-38-46-28-16-6-17-29-46)52(64-37-45-26-14-5-15-27-45)49(67-55)40-61-34-42-20-8-2-9-21-42/h2-31,48-55H,32-41H2,1H3/t48-,49-,50-,51+,52-,53+,54-,55-/m1/s1. The summed E-state index contributed by atoms with van der Waals surface area (Å²) in [6.45, 7) is 0.827. The van der Waals surface area contributed by atoms with E-state index in [2.05, 4.69) is 10.0 Å². The first kappa shape index (κ1) is 52.1. The summed E-state index contributed by atoms with van der Waals surface area (Å²) in [5, 5.41) is 3.85. The van der Waals surface area contributed by atoms with Gasteiger partial charge in [-0.3, -0.25) is 4.18 Å². The van der Waals surface area contributed by atoms with E-state index >= 15 is 0 Å². The molecule has 0 spiro atoms. The summed E-state index contributed by atoms with van der Waals surface area (Å²) >= 11 is 0. The molecule has 1 aliphatic rings. The van der Waals surface area contributed by atoms with Crippen molar-refractivity contribution in [1.29, 1.82) is 0 Å². The second-order valence-corrected chi connectivity index (χ2v) is 18.4. The van der Waals surface area contributed by atoms with Gasteiger partial charge in [-0.15, -0.1) is 0 Å². The number of hydrogen-bond donors (Lipinski definition) is 0. The third-order valence-electron chi connectivity index (χ3n) is 11.4. The molecule has 368 valence electrons. The van der Waals surface area contributed by atoms with Gasteiger partial charge in [-0.1, -0.05) is 187 Å². The molecule has 0 aliphatic carbocycles. The van der Waals surface area contributed by atoms with Crippen LogP contribution in [0.25, 0.3) is 10.4 Å². The summed E-state index contributed by atoms with van der Waals surface area (Å²) in [7, 11) is -4.17.